The van der Waals surface area contributed by atoms with Gasteiger partial charge in [0.1, 0.15) is 6.33 Å². The molecule has 1 aliphatic heterocycles. The van der Waals surface area contributed by atoms with Crippen molar-refractivity contribution in [3.8, 4) is 5.69 Å². The molecule has 0 saturated carbocycles. The van der Waals surface area contributed by atoms with Crippen LogP contribution in [0.15, 0.2) is 53.9 Å². The number of aromatic nitrogens is 3. The molecule has 0 spiro atoms. The van der Waals surface area contributed by atoms with Gasteiger partial charge in [-0.15, -0.1) is 10.2 Å². The lowest BCUT2D eigenvalue weighted by Gasteiger charge is -2.36. The Morgan fingerprint density at radius 1 is 1.12 bits per heavy atom. The maximum Gasteiger partial charge on any atom is 0.269 e. The number of nitro benzene ring substituents is 1. The smallest absolute Gasteiger partial charge is 0.269 e. The molecule has 32 heavy (non-hydrogen) atoms. The topological polar surface area (TPSA) is 97.4 Å². The second-order valence-corrected chi connectivity index (χ2v) is 8.70. The standard InChI is InChI=1S/C21H21ClN6O3S/c1-15-2-3-18(12-19(15)22)27-14-23-24-21(27)32-13-20(29)26-10-8-25(9-11-26)16-4-6-17(7-5-16)28(30)31/h2-7,12,14H,8-11,13H2,1H3. The summed E-state index contributed by atoms with van der Waals surface area (Å²) >= 11 is 7.57. The number of nitro groups is 1. The fourth-order valence-corrected chi connectivity index (χ4v) is 4.45. The highest BCUT2D eigenvalue weighted by molar-refractivity contribution is 7.99. The minimum atomic E-state index is -0.410. The third-order valence-corrected chi connectivity index (χ3v) is 6.67. The summed E-state index contributed by atoms with van der Waals surface area (Å²) in [6.07, 6.45) is 1.61. The first-order valence-electron chi connectivity index (χ1n) is 9.99. The van der Waals surface area contributed by atoms with Gasteiger partial charge in [0.2, 0.25) is 5.91 Å². The Kier molecular flexibility index (Phi) is 6.61. The number of rotatable bonds is 6. The molecular formula is C21H21ClN6O3S. The van der Waals surface area contributed by atoms with Crippen LogP contribution in [0.2, 0.25) is 5.02 Å². The minimum Gasteiger partial charge on any atom is -0.368 e. The van der Waals surface area contributed by atoms with Gasteiger partial charge in [0.15, 0.2) is 5.16 Å². The molecule has 1 aromatic heterocycles. The van der Waals surface area contributed by atoms with Gasteiger partial charge in [-0.05, 0) is 36.8 Å². The van der Waals surface area contributed by atoms with Crippen LogP contribution >= 0.6 is 23.4 Å². The van der Waals surface area contributed by atoms with Crippen LogP contribution in [0.25, 0.3) is 5.69 Å². The third-order valence-electron chi connectivity index (χ3n) is 5.33. The average Bonchev–Trinajstić information content (AvgIpc) is 3.28. The van der Waals surface area contributed by atoms with E-state index in [9.17, 15) is 14.9 Å². The molecule has 1 aliphatic rings. The summed E-state index contributed by atoms with van der Waals surface area (Å²) in [5.41, 5.74) is 2.82. The van der Waals surface area contributed by atoms with Crippen molar-refractivity contribution in [2.75, 3.05) is 36.8 Å². The lowest BCUT2D eigenvalue weighted by Crippen LogP contribution is -2.49. The number of anilines is 1. The van der Waals surface area contributed by atoms with E-state index < -0.39 is 4.92 Å². The molecular weight excluding hydrogens is 452 g/mol. The van der Waals surface area contributed by atoms with Gasteiger partial charge < -0.3 is 9.80 Å². The Hall–Kier alpha value is -3.11. The number of carbonyl (C=O) groups excluding carboxylic acids is 1. The highest BCUT2D eigenvalue weighted by Gasteiger charge is 2.22. The van der Waals surface area contributed by atoms with E-state index in [1.807, 2.05) is 34.6 Å². The number of non-ortho nitro benzene ring substituents is 1. The molecule has 9 nitrogen and oxygen atoms in total. The molecule has 2 aromatic carbocycles. The number of thioether (sulfide) groups is 1. The Morgan fingerprint density at radius 2 is 1.81 bits per heavy atom. The van der Waals surface area contributed by atoms with Gasteiger partial charge in [-0.2, -0.15) is 0 Å². The highest BCUT2D eigenvalue weighted by Crippen LogP contribution is 2.25. The molecule has 4 rings (SSSR count). The number of hydrogen-bond donors (Lipinski definition) is 0. The van der Waals surface area contributed by atoms with Crippen molar-refractivity contribution < 1.29 is 9.72 Å². The van der Waals surface area contributed by atoms with Crippen LogP contribution in [0.1, 0.15) is 5.56 Å². The number of halogens is 1. The van der Waals surface area contributed by atoms with Gasteiger partial charge in [-0.25, -0.2) is 0 Å². The van der Waals surface area contributed by atoms with Crippen molar-refractivity contribution in [3.63, 3.8) is 0 Å². The molecule has 166 valence electrons. The lowest BCUT2D eigenvalue weighted by atomic mass is 10.2. The van der Waals surface area contributed by atoms with Crippen LogP contribution in [0.4, 0.5) is 11.4 Å². The second kappa shape index (κ2) is 9.58. The summed E-state index contributed by atoms with van der Waals surface area (Å²) in [5.74, 6) is 0.297. The fraction of sp³-hybridized carbons (Fsp3) is 0.286. The van der Waals surface area contributed by atoms with Crippen LogP contribution in [-0.4, -0.2) is 62.4 Å². The van der Waals surface area contributed by atoms with Crippen molar-refractivity contribution >= 4 is 40.6 Å². The monoisotopic (exact) mass is 472 g/mol. The van der Waals surface area contributed by atoms with E-state index in [1.54, 1.807) is 18.5 Å². The first-order valence-corrected chi connectivity index (χ1v) is 11.4. The molecule has 0 N–H and O–H groups in total. The summed E-state index contributed by atoms with van der Waals surface area (Å²) in [4.78, 5) is 27.1. The molecule has 0 unspecified atom stereocenters. The first-order chi connectivity index (χ1) is 15.4. The summed E-state index contributed by atoms with van der Waals surface area (Å²) in [5, 5.41) is 20.2. The van der Waals surface area contributed by atoms with Gasteiger partial charge in [0, 0.05) is 49.0 Å². The number of aryl methyl sites for hydroxylation is 1. The lowest BCUT2D eigenvalue weighted by molar-refractivity contribution is -0.384. The summed E-state index contributed by atoms with van der Waals surface area (Å²) in [6.45, 7) is 4.47. The predicted molar refractivity (Wildman–Crippen MR) is 124 cm³/mol. The van der Waals surface area contributed by atoms with E-state index in [1.165, 1.54) is 23.9 Å². The van der Waals surface area contributed by atoms with Gasteiger partial charge in [0.05, 0.1) is 16.4 Å². The number of carbonyl (C=O) groups is 1. The van der Waals surface area contributed by atoms with E-state index in [-0.39, 0.29) is 17.3 Å². The van der Waals surface area contributed by atoms with Crippen molar-refractivity contribution in [2.24, 2.45) is 0 Å². The zero-order chi connectivity index (χ0) is 22.7. The van der Waals surface area contributed by atoms with Crippen LogP contribution in [0.3, 0.4) is 0 Å². The molecule has 11 heteroatoms. The molecule has 3 aromatic rings. The van der Waals surface area contributed by atoms with Crippen LogP contribution in [-0.2, 0) is 4.79 Å². The van der Waals surface area contributed by atoms with Crippen molar-refractivity contribution in [2.45, 2.75) is 12.1 Å². The van der Waals surface area contributed by atoms with Crippen LogP contribution in [0, 0.1) is 17.0 Å². The summed E-state index contributed by atoms with van der Waals surface area (Å²) < 4.78 is 1.82. The quantitative estimate of drug-likeness (QED) is 0.307. The Morgan fingerprint density at radius 3 is 2.47 bits per heavy atom. The molecule has 0 aliphatic carbocycles. The van der Waals surface area contributed by atoms with E-state index in [2.05, 4.69) is 15.1 Å². The summed E-state index contributed by atoms with van der Waals surface area (Å²) in [6, 6.07) is 12.2. The average molecular weight is 473 g/mol. The Bertz CT molecular complexity index is 1130. The van der Waals surface area contributed by atoms with Crippen LogP contribution in [0.5, 0.6) is 0 Å². The van der Waals surface area contributed by atoms with E-state index in [4.69, 9.17) is 11.6 Å². The zero-order valence-corrected chi connectivity index (χ0v) is 18.9. The number of nitrogens with zero attached hydrogens (tertiary/aromatic N) is 6. The van der Waals surface area contributed by atoms with Crippen molar-refractivity contribution in [3.05, 3.63) is 69.5 Å². The van der Waals surface area contributed by atoms with Gasteiger partial charge in [-0.1, -0.05) is 29.4 Å². The van der Waals surface area contributed by atoms with Gasteiger partial charge >= 0.3 is 0 Å². The number of piperazine rings is 1. The van der Waals surface area contributed by atoms with E-state index in [0.717, 1.165) is 16.9 Å². The second-order valence-electron chi connectivity index (χ2n) is 7.35. The molecule has 1 saturated heterocycles. The molecule has 2 heterocycles. The highest BCUT2D eigenvalue weighted by atomic mass is 35.5. The molecule has 0 radical (unpaired) electrons. The fourth-order valence-electron chi connectivity index (χ4n) is 3.45. The molecule has 0 bridgehead atoms. The largest absolute Gasteiger partial charge is 0.368 e. The zero-order valence-electron chi connectivity index (χ0n) is 17.3. The number of amides is 1. The SMILES string of the molecule is Cc1ccc(-n2cnnc2SCC(=O)N2CCN(c3ccc([N+](=O)[O-])cc3)CC2)cc1Cl. The van der Waals surface area contributed by atoms with E-state index >= 15 is 0 Å². The normalized spacial score (nSPS) is 13.9. The molecule has 1 fully saturated rings. The predicted octanol–water partition coefficient (Wildman–Crippen LogP) is 3.58. The van der Waals surface area contributed by atoms with Crippen molar-refractivity contribution in [1.29, 1.82) is 0 Å². The minimum absolute atomic E-state index is 0.0369. The van der Waals surface area contributed by atoms with Gasteiger partial charge in [0.25, 0.3) is 5.69 Å². The molecule has 0 atom stereocenters. The Balaban J connectivity index is 1.32. The maximum atomic E-state index is 12.7. The third kappa shape index (κ3) is 4.86. The van der Waals surface area contributed by atoms with Gasteiger partial charge in [-0.3, -0.25) is 19.5 Å². The van der Waals surface area contributed by atoms with Crippen LogP contribution < -0.4 is 4.90 Å². The van der Waals surface area contributed by atoms with Crippen molar-refractivity contribution in [1.82, 2.24) is 19.7 Å². The molecule has 1 amide bonds. The first kappa shape index (κ1) is 22.1. The number of benzene rings is 2. The summed E-state index contributed by atoms with van der Waals surface area (Å²) in [7, 11) is 0. The van der Waals surface area contributed by atoms with E-state index in [0.29, 0.717) is 36.4 Å². The maximum absolute atomic E-state index is 12.7. The Labute approximate surface area is 194 Å². The number of hydrogen-bond acceptors (Lipinski definition) is 7.